The molecule has 4 amide bonds. The molecule has 15 nitrogen and oxygen atoms in total. The SMILES string of the molecule is CN/C(=C\[N+](=O)[O-])NCC[C@H](NC(=O)N(C)Cc1csc(C(C)C)n1)C(=O)N[C@@H](CC[C@@H](Cc1ccccc1)NC(=O)OCc1cncs1)Cc1ccccc1. The number of thiazole rings is 2. The van der Waals surface area contributed by atoms with Gasteiger partial charge < -0.3 is 36.2 Å². The second-order valence-electron chi connectivity index (χ2n) is 13.5. The average molecular weight is 806 g/mol. The van der Waals surface area contributed by atoms with Crippen LogP contribution in [0.5, 0.6) is 0 Å². The van der Waals surface area contributed by atoms with Crippen LogP contribution in [0.2, 0.25) is 0 Å². The molecule has 0 unspecified atom stereocenters. The summed E-state index contributed by atoms with van der Waals surface area (Å²) < 4.78 is 5.49. The van der Waals surface area contributed by atoms with Crippen molar-refractivity contribution in [3.05, 3.63) is 127 Å². The number of carbonyl (C=O) groups is 3. The molecule has 4 aromatic rings. The van der Waals surface area contributed by atoms with Gasteiger partial charge in [-0.25, -0.2) is 14.6 Å². The maximum Gasteiger partial charge on any atom is 0.407 e. The van der Waals surface area contributed by atoms with E-state index in [0.717, 1.165) is 32.9 Å². The van der Waals surface area contributed by atoms with Crippen molar-refractivity contribution in [2.75, 3.05) is 20.6 Å². The van der Waals surface area contributed by atoms with Gasteiger partial charge in [-0.05, 0) is 43.2 Å². The summed E-state index contributed by atoms with van der Waals surface area (Å²) in [5, 5.41) is 28.7. The van der Waals surface area contributed by atoms with E-state index in [1.54, 1.807) is 25.8 Å². The molecule has 0 aliphatic carbocycles. The summed E-state index contributed by atoms with van der Waals surface area (Å²) in [6.45, 7) is 4.61. The molecule has 0 aliphatic heterocycles. The number of urea groups is 1. The second-order valence-corrected chi connectivity index (χ2v) is 15.4. The van der Waals surface area contributed by atoms with Crippen molar-refractivity contribution in [2.24, 2.45) is 0 Å². The monoisotopic (exact) mass is 805 g/mol. The van der Waals surface area contributed by atoms with Crippen LogP contribution in [0.15, 0.2) is 89.8 Å². The standard InChI is InChI=1S/C39H51N9O6S2/c1-27(2)37-44-32(25-55-37)22-47(4)38(50)46-34(17-18-42-35(40-3)23-48(52)53)36(49)43-30(19-28-11-7-5-8-12-28)15-16-31(20-29-13-9-6-10-14-29)45-39(51)54-24-33-21-41-26-56-33/h5-14,21,23,25-27,30-31,34,40,42H,15-20,22,24H2,1-4H3,(H,43,49)(H,45,51)(H,46,50)/b35-23+/t30-,31-,34-/m0/s1. The highest BCUT2D eigenvalue weighted by molar-refractivity contribution is 7.09. The van der Waals surface area contributed by atoms with E-state index in [0.29, 0.717) is 25.7 Å². The number of hydrogen-bond donors (Lipinski definition) is 5. The molecule has 0 spiro atoms. The molecule has 300 valence electrons. The fourth-order valence-corrected chi connectivity index (χ4v) is 7.10. The number of nitrogens with zero attached hydrogens (tertiary/aromatic N) is 4. The number of nitrogens with one attached hydrogen (secondary N) is 5. The van der Waals surface area contributed by atoms with Gasteiger partial charge in [0.15, 0.2) is 5.82 Å². The van der Waals surface area contributed by atoms with E-state index >= 15 is 0 Å². The Morgan fingerprint density at radius 1 is 0.929 bits per heavy atom. The predicted octanol–water partition coefficient (Wildman–Crippen LogP) is 5.55. The summed E-state index contributed by atoms with van der Waals surface area (Å²) in [6, 6.07) is 17.4. The molecule has 0 fully saturated rings. The van der Waals surface area contributed by atoms with Crippen LogP contribution in [-0.2, 0) is 35.5 Å². The van der Waals surface area contributed by atoms with Crippen LogP contribution in [0.3, 0.4) is 0 Å². The Balaban J connectivity index is 1.50. The zero-order chi connectivity index (χ0) is 40.3. The smallest absolute Gasteiger partial charge is 0.407 e. The first-order valence-corrected chi connectivity index (χ1v) is 20.2. The van der Waals surface area contributed by atoms with Crippen molar-refractivity contribution >= 4 is 40.7 Å². The van der Waals surface area contributed by atoms with Crippen molar-refractivity contribution in [3.63, 3.8) is 0 Å². The molecule has 2 aromatic carbocycles. The molecule has 0 radical (unpaired) electrons. The van der Waals surface area contributed by atoms with Gasteiger partial charge in [0.05, 0.1) is 32.6 Å². The number of carbonyl (C=O) groups excluding carboxylic acids is 3. The van der Waals surface area contributed by atoms with Gasteiger partial charge in [-0.3, -0.25) is 19.9 Å². The van der Waals surface area contributed by atoms with Gasteiger partial charge in [0.25, 0.3) is 6.20 Å². The van der Waals surface area contributed by atoms with Crippen molar-refractivity contribution < 1.29 is 24.0 Å². The van der Waals surface area contributed by atoms with E-state index in [-0.39, 0.29) is 49.9 Å². The van der Waals surface area contributed by atoms with Gasteiger partial charge in [0, 0.05) is 50.2 Å². The molecule has 0 saturated heterocycles. The van der Waals surface area contributed by atoms with Crippen molar-refractivity contribution in [3.8, 4) is 0 Å². The highest BCUT2D eigenvalue weighted by atomic mass is 32.1. The molecular formula is C39H51N9O6S2. The number of nitro groups is 1. The Labute approximate surface area is 335 Å². The first kappa shape index (κ1) is 43.2. The number of benzene rings is 2. The summed E-state index contributed by atoms with van der Waals surface area (Å²) in [4.78, 5) is 62.1. The molecule has 5 N–H and O–H groups in total. The maximum atomic E-state index is 14.2. The van der Waals surface area contributed by atoms with Crippen LogP contribution in [0.4, 0.5) is 9.59 Å². The fourth-order valence-electron chi connectivity index (χ4n) is 5.77. The number of aromatic nitrogens is 2. The highest BCUT2D eigenvalue weighted by Gasteiger charge is 2.26. The number of alkyl carbamates (subject to hydrolysis) is 1. The molecule has 0 bridgehead atoms. The summed E-state index contributed by atoms with van der Waals surface area (Å²) in [5.41, 5.74) is 4.47. The van der Waals surface area contributed by atoms with E-state index in [4.69, 9.17) is 4.74 Å². The van der Waals surface area contributed by atoms with Gasteiger partial charge in [0.1, 0.15) is 12.6 Å². The van der Waals surface area contributed by atoms with E-state index in [9.17, 15) is 24.5 Å². The minimum Gasteiger partial charge on any atom is -0.444 e. The molecule has 0 saturated carbocycles. The third kappa shape index (κ3) is 15.3. The Hall–Kier alpha value is -5.55. The van der Waals surface area contributed by atoms with Crippen molar-refractivity contribution in [1.82, 2.24) is 41.5 Å². The Bertz CT molecular complexity index is 1840. The zero-order valence-corrected chi connectivity index (χ0v) is 33.7. The number of hydrogen-bond acceptors (Lipinski definition) is 12. The molecular weight excluding hydrogens is 755 g/mol. The number of amides is 4. The Kier molecular flexibility index (Phi) is 17.5. The Morgan fingerprint density at radius 2 is 1.57 bits per heavy atom. The first-order valence-electron chi connectivity index (χ1n) is 18.4. The van der Waals surface area contributed by atoms with E-state index in [2.05, 4.69) is 50.4 Å². The van der Waals surface area contributed by atoms with Crippen molar-refractivity contribution in [2.45, 2.75) is 83.1 Å². The first-order chi connectivity index (χ1) is 27.0. The topological polar surface area (TPSA) is 193 Å². The highest BCUT2D eigenvalue weighted by Crippen LogP contribution is 2.20. The molecule has 2 aromatic heterocycles. The summed E-state index contributed by atoms with van der Waals surface area (Å²) in [5.74, 6) is 0.00849. The maximum absolute atomic E-state index is 14.2. The van der Waals surface area contributed by atoms with Crippen LogP contribution in [-0.4, -0.2) is 76.6 Å². The molecule has 56 heavy (non-hydrogen) atoms. The normalized spacial score (nSPS) is 12.9. The van der Waals surface area contributed by atoms with Gasteiger partial charge in [-0.1, -0.05) is 74.5 Å². The minimum absolute atomic E-state index is 0.110. The lowest BCUT2D eigenvalue weighted by atomic mass is 9.95. The average Bonchev–Trinajstić information content (AvgIpc) is 3.89. The molecule has 2 heterocycles. The number of rotatable bonds is 22. The molecule has 3 atom stereocenters. The molecule has 17 heteroatoms. The Morgan fingerprint density at radius 3 is 2.12 bits per heavy atom. The largest absolute Gasteiger partial charge is 0.444 e. The zero-order valence-electron chi connectivity index (χ0n) is 32.1. The van der Waals surface area contributed by atoms with Crippen LogP contribution in [0.25, 0.3) is 0 Å². The number of ether oxygens (including phenoxy) is 1. The second kappa shape index (κ2) is 22.7. The van der Waals surface area contributed by atoms with E-state index in [1.165, 1.54) is 27.6 Å². The van der Waals surface area contributed by atoms with Crippen LogP contribution in [0, 0.1) is 10.1 Å². The van der Waals surface area contributed by atoms with Gasteiger partial charge in [0.2, 0.25) is 5.91 Å². The lowest BCUT2D eigenvalue weighted by Crippen LogP contribution is -2.53. The third-order valence-corrected chi connectivity index (χ3v) is 10.6. The lowest BCUT2D eigenvalue weighted by molar-refractivity contribution is -0.404. The minimum atomic E-state index is -0.994. The predicted molar refractivity (Wildman–Crippen MR) is 217 cm³/mol. The van der Waals surface area contributed by atoms with Gasteiger partial charge >= 0.3 is 12.1 Å². The molecule has 4 rings (SSSR count). The summed E-state index contributed by atoms with van der Waals surface area (Å²) in [7, 11) is 3.18. The van der Waals surface area contributed by atoms with Crippen LogP contribution >= 0.6 is 22.7 Å². The van der Waals surface area contributed by atoms with Gasteiger partial charge in [-0.15, -0.1) is 22.7 Å². The third-order valence-electron chi connectivity index (χ3n) is 8.69. The lowest BCUT2D eigenvalue weighted by Gasteiger charge is -2.27. The van der Waals surface area contributed by atoms with E-state index in [1.807, 2.05) is 66.0 Å². The van der Waals surface area contributed by atoms with Crippen LogP contribution in [0.1, 0.15) is 65.7 Å². The van der Waals surface area contributed by atoms with Crippen LogP contribution < -0.4 is 26.6 Å². The summed E-state index contributed by atoms with van der Waals surface area (Å²) in [6.07, 6.45) is 4.07. The summed E-state index contributed by atoms with van der Waals surface area (Å²) >= 11 is 2.94. The quantitative estimate of drug-likeness (QED) is 0.0497. The fraction of sp³-hybridized carbons (Fsp3) is 0.410. The van der Waals surface area contributed by atoms with E-state index < -0.39 is 29.0 Å². The van der Waals surface area contributed by atoms with Crippen molar-refractivity contribution in [1.29, 1.82) is 0 Å². The molecule has 0 aliphatic rings. The van der Waals surface area contributed by atoms with Gasteiger partial charge in [-0.2, -0.15) is 0 Å².